The Hall–Kier alpha value is -1.29. The van der Waals surface area contributed by atoms with Crippen molar-refractivity contribution in [3.63, 3.8) is 0 Å². The lowest BCUT2D eigenvalue weighted by molar-refractivity contribution is 0.304. The highest BCUT2D eigenvalue weighted by molar-refractivity contribution is 9.10. The van der Waals surface area contributed by atoms with Crippen molar-refractivity contribution < 1.29 is 4.39 Å². The zero-order valence-electron chi connectivity index (χ0n) is 13.6. The topological polar surface area (TPSA) is 81.1 Å². The molecule has 2 atom stereocenters. The SMILES string of the molecule is Cc1c(C[C@@H](N)[C@H](C)F)c(Br)n2nc(Cl)nc(NCc3nccs3)c12. The van der Waals surface area contributed by atoms with Gasteiger partial charge in [-0.25, -0.2) is 13.9 Å². The second kappa shape index (κ2) is 7.53. The molecule has 3 heterocycles. The number of hydrogen-bond acceptors (Lipinski definition) is 6. The minimum absolute atomic E-state index is 0.111. The molecule has 3 N–H and O–H groups in total. The number of anilines is 1. The van der Waals surface area contributed by atoms with Gasteiger partial charge in [-0.05, 0) is 58.9 Å². The van der Waals surface area contributed by atoms with Crippen LogP contribution in [0.1, 0.15) is 23.1 Å². The van der Waals surface area contributed by atoms with E-state index in [4.69, 9.17) is 17.3 Å². The molecule has 10 heteroatoms. The molecule has 0 aliphatic heterocycles. The van der Waals surface area contributed by atoms with E-state index in [1.807, 2.05) is 12.3 Å². The number of nitrogens with zero attached hydrogens (tertiary/aromatic N) is 4. The molecule has 0 aliphatic carbocycles. The number of rotatable bonds is 6. The number of thiazole rings is 1. The number of halogens is 3. The third-order valence-corrected chi connectivity index (χ3v) is 5.74. The maximum atomic E-state index is 13.5. The van der Waals surface area contributed by atoms with Crippen LogP contribution in [0.5, 0.6) is 0 Å². The summed E-state index contributed by atoms with van der Waals surface area (Å²) in [5.41, 5.74) is 8.51. The maximum Gasteiger partial charge on any atom is 0.243 e. The minimum atomic E-state index is -1.11. The van der Waals surface area contributed by atoms with Crippen molar-refractivity contribution in [1.29, 1.82) is 0 Å². The molecular weight excluding hydrogens is 431 g/mol. The predicted molar refractivity (Wildman–Crippen MR) is 102 cm³/mol. The molecule has 134 valence electrons. The van der Waals surface area contributed by atoms with E-state index in [2.05, 4.69) is 36.3 Å². The molecule has 3 rings (SSSR count). The van der Waals surface area contributed by atoms with Gasteiger partial charge in [-0.3, -0.25) is 0 Å². The molecule has 0 spiro atoms. The zero-order chi connectivity index (χ0) is 18.1. The zero-order valence-corrected chi connectivity index (χ0v) is 16.8. The molecule has 0 saturated carbocycles. The third kappa shape index (κ3) is 3.79. The summed E-state index contributed by atoms with van der Waals surface area (Å²) in [4.78, 5) is 8.55. The van der Waals surface area contributed by atoms with Gasteiger partial charge in [0.25, 0.3) is 0 Å². The summed E-state index contributed by atoms with van der Waals surface area (Å²) >= 11 is 11.2. The van der Waals surface area contributed by atoms with Crippen LogP contribution in [0, 0.1) is 6.92 Å². The first-order chi connectivity index (χ1) is 11.9. The van der Waals surface area contributed by atoms with Crippen LogP contribution in [0.2, 0.25) is 5.28 Å². The molecular formula is C15H17BrClFN6S. The Morgan fingerprint density at radius 3 is 2.92 bits per heavy atom. The first-order valence-corrected chi connectivity index (χ1v) is 9.68. The van der Waals surface area contributed by atoms with E-state index in [9.17, 15) is 4.39 Å². The monoisotopic (exact) mass is 446 g/mol. The van der Waals surface area contributed by atoms with E-state index in [1.54, 1.807) is 22.0 Å². The molecule has 0 unspecified atom stereocenters. The van der Waals surface area contributed by atoms with Crippen LogP contribution in [0.4, 0.5) is 10.2 Å². The van der Waals surface area contributed by atoms with E-state index in [0.717, 1.165) is 21.7 Å². The number of aromatic nitrogens is 4. The van der Waals surface area contributed by atoms with Crippen molar-refractivity contribution in [3.8, 4) is 0 Å². The first kappa shape index (κ1) is 18.5. The number of alkyl halides is 1. The molecule has 0 amide bonds. The van der Waals surface area contributed by atoms with Crippen LogP contribution < -0.4 is 11.1 Å². The average molecular weight is 448 g/mol. The van der Waals surface area contributed by atoms with Gasteiger partial charge in [0.2, 0.25) is 5.28 Å². The molecule has 0 aliphatic rings. The molecule has 6 nitrogen and oxygen atoms in total. The fourth-order valence-electron chi connectivity index (χ4n) is 2.56. The van der Waals surface area contributed by atoms with Crippen LogP contribution in [-0.2, 0) is 13.0 Å². The van der Waals surface area contributed by atoms with Crippen molar-refractivity contribution in [1.82, 2.24) is 19.6 Å². The number of nitrogens with two attached hydrogens (primary N) is 1. The summed E-state index contributed by atoms with van der Waals surface area (Å²) in [6.45, 7) is 3.93. The second-order valence-electron chi connectivity index (χ2n) is 5.71. The Bertz CT molecular complexity index is 882. The summed E-state index contributed by atoms with van der Waals surface area (Å²) < 4.78 is 15.9. The Labute approximate surface area is 161 Å². The predicted octanol–water partition coefficient (Wildman–Crippen LogP) is 3.75. The summed E-state index contributed by atoms with van der Waals surface area (Å²) in [7, 11) is 0. The fraction of sp³-hybridized carbons (Fsp3) is 0.400. The normalized spacial score (nSPS) is 14.0. The molecule has 3 aromatic heterocycles. The van der Waals surface area contributed by atoms with Crippen molar-refractivity contribution >= 4 is 50.2 Å². The standard InChI is InChI=1S/C15H17BrClFN6S/c1-7-9(5-10(19)8(2)18)13(16)24-12(7)14(22-15(17)23-24)21-6-11-20-3-4-25-11/h3-4,8,10H,5-6,19H2,1-2H3,(H,21,22,23)/t8-,10+/m0/s1. The van der Waals surface area contributed by atoms with Gasteiger partial charge in [0.05, 0.1) is 6.54 Å². The number of nitrogens with one attached hydrogen (secondary N) is 1. The van der Waals surface area contributed by atoms with Gasteiger partial charge < -0.3 is 11.1 Å². The number of aryl methyl sites for hydroxylation is 1. The summed E-state index contributed by atoms with van der Waals surface area (Å²) in [5, 5.41) is 10.5. The Balaban J connectivity index is 2.02. The number of hydrogen-bond donors (Lipinski definition) is 2. The molecule has 25 heavy (non-hydrogen) atoms. The third-order valence-electron chi connectivity index (χ3n) is 3.99. The average Bonchev–Trinajstić information content (AvgIpc) is 3.15. The van der Waals surface area contributed by atoms with Crippen molar-refractivity contribution in [2.75, 3.05) is 5.32 Å². The van der Waals surface area contributed by atoms with Gasteiger partial charge in [0.15, 0.2) is 5.82 Å². The molecule has 0 radical (unpaired) electrons. The van der Waals surface area contributed by atoms with Gasteiger partial charge in [-0.1, -0.05) is 0 Å². The van der Waals surface area contributed by atoms with Crippen LogP contribution in [0.15, 0.2) is 16.2 Å². The van der Waals surface area contributed by atoms with Crippen molar-refractivity contribution in [3.05, 3.63) is 37.6 Å². The Kier molecular flexibility index (Phi) is 5.57. The quantitative estimate of drug-likeness (QED) is 0.601. The van der Waals surface area contributed by atoms with Gasteiger partial charge >= 0.3 is 0 Å². The lowest BCUT2D eigenvalue weighted by Gasteiger charge is -2.12. The molecule has 0 fully saturated rings. The molecule has 0 saturated heterocycles. The first-order valence-electron chi connectivity index (χ1n) is 7.63. The largest absolute Gasteiger partial charge is 0.362 e. The lowest BCUT2D eigenvalue weighted by Crippen LogP contribution is -2.31. The van der Waals surface area contributed by atoms with E-state index in [0.29, 0.717) is 23.4 Å². The van der Waals surface area contributed by atoms with E-state index in [1.165, 1.54) is 6.92 Å². The van der Waals surface area contributed by atoms with E-state index < -0.39 is 12.2 Å². The molecule has 0 bridgehead atoms. The summed E-state index contributed by atoms with van der Waals surface area (Å²) in [6.07, 6.45) is 1.03. The van der Waals surface area contributed by atoms with Crippen molar-refractivity contribution in [2.45, 2.75) is 39.0 Å². The summed E-state index contributed by atoms with van der Waals surface area (Å²) in [5.74, 6) is 0.599. The van der Waals surface area contributed by atoms with Gasteiger partial charge in [-0.15, -0.1) is 16.4 Å². The highest BCUT2D eigenvalue weighted by Crippen LogP contribution is 2.32. The smallest absolute Gasteiger partial charge is 0.243 e. The van der Waals surface area contributed by atoms with Gasteiger partial charge in [-0.2, -0.15) is 4.98 Å². The van der Waals surface area contributed by atoms with Crippen LogP contribution in [0.3, 0.4) is 0 Å². The molecule has 0 aromatic carbocycles. The van der Waals surface area contributed by atoms with Crippen LogP contribution in [0.25, 0.3) is 5.52 Å². The van der Waals surface area contributed by atoms with E-state index >= 15 is 0 Å². The van der Waals surface area contributed by atoms with Crippen LogP contribution in [-0.4, -0.2) is 31.8 Å². The maximum absolute atomic E-state index is 13.5. The number of fused-ring (bicyclic) bond motifs is 1. The lowest BCUT2D eigenvalue weighted by atomic mass is 10.0. The molecule has 3 aromatic rings. The van der Waals surface area contributed by atoms with Gasteiger partial charge in [0.1, 0.15) is 21.3 Å². The summed E-state index contributed by atoms with van der Waals surface area (Å²) in [6, 6.07) is -0.595. The Morgan fingerprint density at radius 2 is 2.28 bits per heavy atom. The van der Waals surface area contributed by atoms with Gasteiger partial charge in [0, 0.05) is 17.6 Å². The van der Waals surface area contributed by atoms with E-state index in [-0.39, 0.29) is 5.28 Å². The fourth-order valence-corrected chi connectivity index (χ4v) is 3.99. The van der Waals surface area contributed by atoms with Crippen LogP contribution >= 0.6 is 38.9 Å². The highest BCUT2D eigenvalue weighted by Gasteiger charge is 2.22. The highest BCUT2D eigenvalue weighted by atomic mass is 79.9. The van der Waals surface area contributed by atoms with Crippen molar-refractivity contribution in [2.24, 2.45) is 5.73 Å². The Morgan fingerprint density at radius 1 is 1.52 bits per heavy atom. The second-order valence-corrected chi connectivity index (χ2v) is 7.78. The minimum Gasteiger partial charge on any atom is -0.362 e.